The molecule has 0 aromatic carbocycles. The molecule has 3 aliphatic heterocycles. The van der Waals surface area contributed by atoms with E-state index in [1.54, 1.807) is 12.4 Å². The van der Waals surface area contributed by atoms with E-state index in [0.717, 1.165) is 68.2 Å². The van der Waals surface area contributed by atoms with E-state index < -0.39 is 7.29 Å². The Balaban J connectivity index is 1.53. The zero-order chi connectivity index (χ0) is 21.6. The summed E-state index contributed by atoms with van der Waals surface area (Å²) >= 11 is 0. The SMILES string of the molecule is CP(C)(=O)N1CC[C@@H](N2CCc3c(-c4cnc(N)nc4)nc(N4CCOCC4)nc32)C1. The maximum absolute atomic E-state index is 12.6. The van der Waals surface area contributed by atoms with E-state index in [-0.39, 0.29) is 5.95 Å². The number of hydrogen-bond donors (Lipinski definition) is 1. The van der Waals surface area contributed by atoms with Crippen molar-refractivity contribution in [1.82, 2.24) is 24.6 Å². The van der Waals surface area contributed by atoms with E-state index >= 15 is 0 Å². The predicted octanol–water partition coefficient (Wildman–Crippen LogP) is 1.33. The number of anilines is 3. The lowest BCUT2D eigenvalue weighted by atomic mass is 10.1. The lowest BCUT2D eigenvalue weighted by Gasteiger charge is -2.30. The van der Waals surface area contributed by atoms with E-state index in [2.05, 4.69) is 24.4 Å². The quantitative estimate of drug-likeness (QED) is 0.693. The molecule has 2 aromatic heterocycles. The van der Waals surface area contributed by atoms with Crippen LogP contribution in [0.1, 0.15) is 12.0 Å². The molecule has 0 amide bonds. The summed E-state index contributed by atoms with van der Waals surface area (Å²) in [6, 6.07) is 0.303. The van der Waals surface area contributed by atoms with Crippen molar-refractivity contribution in [2.75, 3.05) is 74.8 Å². The predicted molar refractivity (Wildman–Crippen MR) is 121 cm³/mol. The second-order valence-corrected chi connectivity index (χ2v) is 11.8. The summed E-state index contributed by atoms with van der Waals surface area (Å²) in [7, 11) is -2.25. The number of rotatable bonds is 4. The van der Waals surface area contributed by atoms with Crippen molar-refractivity contribution >= 4 is 25.0 Å². The molecule has 10 nitrogen and oxygen atoms in total. The van der Waals surface area contributed by atoms with Gasteiger partial charge in [0.1, 0.15) is 13.1 Å². The standard InChI is InChI=1S/C20H29N8O2P/c1-31(2,29)27-5-3-15(13-27)28-6-4-16-17(14-11-22-19(21)23-12-14)24-20(25-18(16)28)26-7-9-30-10-8-26/h11-12,15H,3-10,13H2,1-2H3,(H2,21,22,23)/t15-/m1/s1. The van der Waals surface area contributed by atoms with Crippen molar-refractivity contribution in [2.24, 2.45) is 0 Å². The summed E-state index contributed by atoms with van der Waals surface area (Å²) in [6.45, 7) is 9.13. The fourth-order valence-corrected chi connectivity index (χ4v) is 5.82. The topological polar surface area (TPSA) is 114 Å². The van der Waals surface area contributed by atoms with Gasteiger partial charge in [0.25, 0.3) is 0 Å². The van der Waals surface area contributed by atoms with Crippen molar-refractivity contribution in [3.8, 4) is 11.3 Å². The zero-order valence-electron chi connectivity index (χ0n) is 18.1. The summed E-state index contributed by atoms with van der Waals surface area (Å²) in [5.41, 5.74) is 8.56. The summed E-state index contributed by atoms with van der Waals surface area (Å²) in [5, 5.41) is 0. The fraction of sp³-hybridized carbons (Fsp3) is 0.600. The van der Waals surface area contributed by atoms with Crippen LogP contribution in [0.3, 0.4) is 0 Å². The van der Waals surface area contributed by atoms with Crippen LogP contribution in [0.25, 0.3) is 11.3 Å². The highest BCUT2D eigenvalue weighted by Gasteiger charge is 2.38. The van der Waals surface area contributed by atoms with Crippen LogP contribution < -0.4 is 15.5 Å². The van der Waals surface area contributed by atoms with E-state index in [0.29, 0.717) is 25.2 Å². The summed E-state index contributed by atoms with van der Waals surface area (Å²) < 4.78 is 20.2. The van der Waals surface area contributed by atoms with Gasteiger partial charge in [-0.25, -0.2) is 15.0 Å². The number of morpholine rings is 1. The minimum Gasteiger partial charge on any atom is -0.378 e. The number of nitrogens with zero attached hydrogens (tertiary/aromatic N) is 7. The lowest BCUT2D eigenvalue weighted by Crippen LogP contribution is -2.39. The number of aromatic nitrogens is 4. The van der Waals surface area contributed by atoms with Crippen LogP contribution in [0.4, 0.5) is 17.7 Å². The third-order valence-corrected chi connectivity index (χ3v) is 8.08. The number of hydrogen-bond acceptors (Lipinski definition) is 9. The maximum Gasteiger partial charge on any atom is 0.228 e. The van der Waals surface area contributed by atoms with Gasteiger partial charge in [-0.05, 0) is 12.8 Å². The first-order chi connectivity index (χ1) is 14.9. The second-order valence-electron chi connectivity index (χ2n) is 8.70. The Labute approximate surface area is 182 Å². The molecule has 3 aliphatic rings. The number of ether oxygens (including phenoxy) is 1. The van der Waals surface area contributed by atoms with Gasteiger partial charge in [-0.2, -0.15) is 4.98 Å². The van der Waals surface area contributed by atoms with Gasteiger partial charge in [-0.1, -0.05) is 0 Å². The van der Waals surface area contributed by atoms with Crippen molar-refractivity contribution in [2.45, 2.75) is 18.9 Å². The normalized spacial score (nSPS) is 22.2. The molecule has 0 saturated carbocycles. The van der Waals surface area contributed by atoms with Crippen LogP contribution in [0.2, 0.25) is 0 Å². The highest BCUT2D eigenvalue weighted by atomic mass is 31.2. The van der Waals surface area contributed by atoms with Gasteiger partial charge in [0.05, 0.1) is 18.9 Å². The molecule has 2 aromatic rings. The highest BCUT2D eigenvalue weighted by Crippen LogP contribution is 2.45. The van der Waals surface area contributed by atoms with Gasteiger partial charge < -0.3 is 24.8 Å². The van der Waals surface area contributed by atoms with Crippen LogP contribution in [-0.2, 0) is 15.7 Å². The molecule has 1 atom stereocenters. The maximum atomic E-state index is 12.6. The van der Waals surface area contributed by atoms with Crippen molar-refractivity contribution in [3.63, 3.8) is 0 Å². The van der Waals surface area contributed by atoms with Gasteiger partial charge in [-0.3, -0.25) is 4.67 Å². The van der Waals surface area contributed by atoms with Crippen LogP contribution in [-0.4, -0.2) is 89.9 Å². The van der Waals surface area contributed by atoms with Crippen LogP contribution in [0, 0.1) is 0 Å². The molecule has 0 bridgehead atoms. The summed E-state index contributed by atoms with van der Waals surface area (Å²) in [4.78, 5) is 22.9. The van der Waals surface area contributed by atoms with Crippen molar-refractivity contribution in [3.05, 3.63) is 18.0 Å². The fourth-order valence-electron chi connectivity index (χ4n) is 4.64. The van der Waals surface area contributed by atoms with Gasteiger partial charge in [0.2, 0.25) is 11.9 Å². The third-order valence-electron chi connectivity index (χ3n) is 6.35. The van der Waals surface area contributed by atoms with Crippen LogP contribution in [0.5, 0.6) is 0 Å². The Morgan fingerprint density at radius 1 is 1.10 bits per heavy atom. The van der Waals surface area contributed by atoms with E-state index in [1.165, 1.54) is 0 Å². The summed E-state index contributed by atoms with van der Waals surface area (Å²) in [6.07, 6.45) is 5.32. The average Bonchev–Trinajstić information content (AvgIpc) is 3.41. The molecular formula is C20H29N8O2P. The van der Waals surface area contributed by atoms with Crippen molar-refractivity contribution in [1.29, 1.82) is 0 Å². The molecule has 31 heavy (non-hydrogen) atoms. The van der Waals surface area contributed by atoms with Crippen LogP contribution >= 0.6 is 7.29 Å². The molecule has 2 fully saturated rings. The first-order valence-corrected chi connectivity index (χ1v) is 13.3. The Hall–Kier alpha value is -2.29. The number of nitrogen functional groups attached to an aromatic ring is 1. The minimum atomic E-state index is -2.25. The van der Waals surface area contributed by atoms with E-state index in [1.807, 2.05) is 13.3 Å². The first-order valence-electron chi connectivity index (χ1n) is 10.8. The smallest absolute Gasteiger partial charge is 0.228 e. The number of nitrogens with two attached hydrogens (primary N) is 1. The zero-order valence-corrected chi connectivity index (χ0v) is 19.0. The molecule has 5 rings (SSSR count). The summed E-state index contributed by atoms with van der Waals surface area (Å²) in [5.74, 6) is 1.95. The van der Waals surface area contributed by atoms with Gasteiger partial charge >= 0.3 is 0 Å². The molecule has 2 saturated heterocycles. The minimum absolute atomic E-state index is 0.249. The largest absolute Gasteiger partial charge is 0.378 e. The third kappa shape index (κ3) is 4.00. The van der Waals surface area contributed by atoms with E-state index in [4.69, 9.17) is 20.4 Å². The molecule has 166 valence electrons. The molecule has 0 spiro atoms. The molecule has 0 radical (unpaired) electrons. The first kappa shape index (κ1) is 20.6. The molecule has 0 unspecified atom stereocenters. The Morgan fingerprint density at radius 2 is 1.84 bits per heavy atom. The molecular weight excluding hydrogens is 415 g/mol. The van der Waals surface area contributed by atoms with Crippen LogP contribution in [0.15, 0.2) is 12.4 Å². The van der Waals surface area contributed by atoms with E-state index in [9.17, 15) is 4.57 Å². The van der Waals surface area contributed by atoms with Gasteiger partial charge in [-0.15, -0.1) is 0 Å². The second kappa shape index (κ2) is 8.00. The highest BCUT2D eigenvalue weighted by molar-refractivity contribution is 7.59. The Morgan fingerprint density at radius 3 is 2.52 bits per heavy atom. The lowest BCUT2D eigenvalue weighted by molar-refractivity contribution is 0.122. The number of fused-ring (bicyclic) bond motifs is 1. The average molecular weight is 444 g/mol. The van der Waals surface area contributed by atoms with Gasteiger partial charge in [0, 0.05) is 75.6 Å². The van der Waals surface area contributed by atoms with Crippen molar-refractivity contribution < 1.29 is 9.30 Å². The monoisotopic (exact) mass is 444 g/mol. The molecule has 0 aliphatic carbocycles. The Kier molecular flexibility index (Phi) is 5.32. The molecule has 11 heteroatoms. The molecule has 2 N–H and O–H groups in total. The molecule has 5 heterocycles. The Bertz CT molecular complexity index is 1000. The van der Waals surface area contributed by atoms with Gasteiger partial charge in [0.15, 0.2) is 0 Å².